The minimum Gasteiger partial charge on any atom is -0.479 e. The number of carbonyl (C=O) groups excluding carboxylic acids is 2. The lowest BCUT2D eigenvalue weighted by Crippen LogP contribution is -2.55. The van der Waals surface area contributed by atoms with E-state index in [0.29, 0.717) is 6.42 Å². The van der Waals surface area contributed by atoms with Crippen molar-refractivity contribution in [1.82, 2.24) is 15.5 Å². The van der Waals surface area contributed by atoms with Crippen molar-refractivity contribution in [3.63, 3.8) is 0 Å². The number of aliphatic carboxylic acids is 1. The van der Waals surface area contributed by atoms with Crippen LogP contribution in [0.1, 0.15) is 91.4 Å². The van der Waals surface area contributed by atoms with Crippen molar-refractivity contribution in [2.24, 2.45) is 0 Å². The number of nitrogens with one attached hydrogen (secondary N) is 2. The second-order valence-corrected chi connectivity index (χ2v) is 13.2. The minimum absolute atomic E-state index is 0.0667. The van der Waals surface area contributed by atoms with Crippen molar-refractivity contribution in [1.29, 1.82) is 0 Å². The highest BCUT2D eigenvalue weighted by molar-refractivity contribution is 7.52. The Morgan fingerprint density at radius 1 is 0.951 bits per heavy atom. The molecule has 1 fully saturated rings. The summed E-state index contributed by atoms with van der Waals surface area (Å²) in [7, 11) is -4.40. The number of nitrogens with zero attached hydrogens (tertiary/aromatic N) is 1. The molecular formula is C27H52N3O10P. The van der Waals surface area contributed by atoms with E-state index >= 15 is 0 Å². The molecule has 1 saturated heterocycles. The molecule has 0 aliphatic carbocycles. The van der Waals surface area contributed by atoms with Gasteiger partial charge in [-0.3, -0.25) is 19.1 Å². The van der Waals surface area contributed by atoms with Crippen molar-refractivity contribution >= 4 is 25.4 Å². The van der Waals surface area contributed by atoms with E-state index in [1.54, 1.807) is 0 Å². The van der Waals surface area contributed by atoms with Gasteiger partial charge < -0.3 is 40.5 Å². The zero-order valence-corrected chi connectivity index (χ0v) is 25.7. The molecule has 1 rings (SSSR count). The molecule has 0 aromatic heterocycles. The largest absolute Gasteiger partial charge is 0.479 e. The lowest BCUT2D eigenvalue weighted by molar-refractivity contribution is -0.148. The van der Waals surface area contributed by atoms with Crippen molar-refractivity contribution in [3.05, 3.63) is 0 Å². The molecule has 7 N–H and O–H groups in total. The summed E-state index contributed by atoms with van der Waals surface area (Å²) in [4.78, 5) is 47.5. The van der Waals surface area contributed by atoms with Gasteiger partial charge in [0.15, 0.2) is 5.54 Å². The second kappa shape index (κ2) is 18.8. The highest BCUT2D eigenvalue weighted by atomic mass is 31.2. The third kappa shape index (κ3) is 13.5. The van der Waals surface area contributed by atoms with Crippen LogP contribution in [-0.4, -0.2) is 110 Å². The Balaban J connectivity index is 2.55. The molecule has 13 nitrogen and oxygen atoms in total. The second-order valence-electron chi connectivity index (χ2n) is 11.2. The monoisotopic (exact) mass is 609 g/mol. The summed E-state index contributed by atoms with van der Waals surface area (Å²) in [6, 6.07) is -1.78. The summed E-state index contributed by atoms with van der Waals surface area (Å²) in [5.41, 5.74) is -1.93. The molecule has 1 aliphatic rings. The van der Waals surface area contributed by atoms with Crippen LogP contribution in [0.25, 0.3) is 0 Å². The molecule has 14 heteroatoms. The first-order valence-electron chi connectivity index (χ1n) is 14.8. The summed E-state index contributed by atoms with van der Waals surface area (Å²) in [6.45, 7) is 3.08. The molecule has 2 amide bonds. The summed E-state index contributed by atoms with van der Waals surface area (Å²) in [6.07, 6.45) is 7.91. The van der Waals surface area contributed by atoms with Crippen LogP contribution in [0, 0.1) is 0 Å². The molecule has 0 saturated carbocycles. The van der Waals surface area contributed by atoms with Crippen LogP contribution in [0.2, 0.25) is 0 Å². The van der Waals surface area contributed by atoms with E-state index in [1.165, 1.54) is 57.3 Å². The molecule has 0 radical (unpaired) electrons. The van der Waals surface area contributed by atoms with Crippen molar-refractivity contribution in [2.75, 3.05) is 32.5 Å². The van der Waals surface area contributed by atoms with E-state index in [0.717, 1.165) is 19.3 Å². The topological polar surface area (TPSA) is 206 Å². The normalized spacial score (nSPS) is 24.0. The fourth-order valence-corrected chi connectivity index (χ4v) is 6.03. The van der Waals surface area contributed by atoms with E-state index in [4.69, 9.17) is 4.52 Å². The first-order chi connectivity index (χ1) is 19.3. The van der Waals surface area contributed by atoms with E-state index in [-0.39, 0.29) is 25.4 Å². The summed E-state index contributed by atoms with van der Waals surface area (Å²) in [5, 5.41) is 44.9. The van der Waals surface area contributed by atoms with Crippen LogP contribution in [0.3, 0.4) is 0 Å². The number of aliphatic hydroxyl groups excluding tert-OH is 3. The lowest BCUT2D eigenvalue weighted by Gasteiger charge is -2.31. The van der Waals surface area contributed by atoms with Gasteiger partial charge in [-0.05, 0) is 13.3 Å². The van der Waals surface area contributed by atoms with Crippen LogP contribution in [0.15, 0.2) is 0 Å². The van der Waals surface area contributed by atoms with Crippen LogP contribution in [-0.2, 0) is 23.5 Å². The Labute approximate surface area is 243 Å². The molecule has 1 aliphatic heterocycles. The Kier molecular flexibility index (Phi) is 17.2. The molecule has 0 aromatic rings. The van der Waals surface area contributed by atoms with E-state index in [1.807, 2.05) is 0 Å². The van der Waals surface area contributed by atoms with Crippen molar-refractivity contribution < 1.29 is 48.8 Å². The van der Waals surface area contributed by atoms with Gasteiger partial charge in [-0.2, -0.15) is 0 Å². The number of aliphatic hydroxyl groups is 3. The molecule has 41 heavy (non-hydrogen) atoms. The predicted octanol–water partition coefficient (Wildman–Crippen LogP) is 1.36. The SMILES string of the molecule is CCCCCCCCCCCCC(=O)NC(C)(COP(=O)(O)CCN1[C@H](CO)[C@@H](O)[C@H](O)[C@H]1CNC(C)=O)C(=O)O. The van der Waals surface area contributed by atoms with Gasteiger partial charge in [-0.25, -0.2) is 4.79 Å². The number of unbranched alkanes of at least 4 members (excludes halogenated alkanes) is 9. The van der Waals surface area contributed by atoms with Gasteiger partial charge in [0.1, 0.15) is 0 Å². The van der Waals surface area contributed by atoms with Crippen LogP contribution < -0.4 is 10.6 Å². The number of carbonyl (C=O) groups is 3. The quantitative estimate of drug-likeness (QED) is 0.0689. The van der Waals surface area contributed by atoms with Crippen molar-refractivity contribution in [3.8, 4) is 0 Å². The van der Waals surface area contributed by atoms with Gasteiger partial charge in [0.25, 0.3) is 0 Å². The van der Waals surface area contributed by atoms with Gasteiger partial charge in [-0.1, -0.05) is 64.7 Å². The third-order valence-corrected chi connectivity index (χ3v) is 8.88. The maximum atomic E-state index is 12.8. The summed E-state index contributed by atoms with van der Waals surface area (Å²) < 4.78 is 17.9. The molecule has 0 bridgehead atoms. The van der Waals surface area contributed by atoms with Gasteiger partial charge in [0, 0.05) is 26.4 Å². The van der Waals surface area contributed by atoms with E-state index < -0.39 is 68.7 Å². The van der Waals surface area contributed by atoms with Gasteiger partial charge >= 0.3 is 13.6 Å². The number of amides is 2. The summed E-state index contributed by atoms with van der Waals surface area (Å²) in [5.74, 6) is -2.29. The van der Waals surface area contributed by atoms with Crippen LogP contribution in [0.4, 0.5) is 0 Å². The Morgan fingerprint density at radius 2 is 1.49 bits per heavy atom. The molecule has 0 spiro atoms. The molecule has 2 unspecified atom stereocenters. The predicted molar refractivity (Wildman–Crippen MR) is 153 cm³/mol. The van der Waals surface area contributed by atoms with Gasteiger partial charge in [0.2, 0.25) is 11.8 Å². The maximum Gasteiger partial charge on any atom is 0.331 e. The molecular weight excluding hydrogens is 557 g/mol. The standard InChI is InChI=1S/C27H52N3O10P/c1-4-5-6-7-8-9-10-11-12-13-14-23(33)29-27(3,26(36)37)19-40-41(38,39)16-15-30-21(17-28-20(2)32)24(34)25(35)22(30)18-31/h21-22,24-25,31,34-35H,4-19H2,1-3H3,(H,28,32)(H,29,33)(H,36,37)(H,38,39)/t21-,22-,24-,25-,27?/m1/s1. The fourth-order valence-electron chi connectivity index (χ4n) is 4.96. The highest BCUT2D eigenvalue weighted by Crippen LogP contribution is 2.43. The summed E-state index contributed by atoms with van der Waals surface area (Å²) >= 11 is 0. The van der Waals surface area contributed by atoms with E-state index in [2.05, 4.69) is 17.6 Å². The number of hydrogen-bond acceptors (Lipinski definition) is 9. The van der Waals surface area contributed by atoms with E-state index in [9.17, 15) is 44.3 Å². The molecule has 0 aromatic carbocycles. The Morgan fingerprint density at radius 3 is 2.00 bits per heavy atom. The third-order valence-electron chi connectivity index (χ3n) is 7.58. The zero-order chi connectivity index (χ0) is 31.1. The van der Waals surface area contributed by atoms with Crippen molar-refractivity contribution in [2.45, 2.75) is 121 Å². The zero-order valence-electron chi connectivity index (χ0n) is 24.8. The Hall–Kier alpha value is -1.60. The highest BCUT2D eigenvalue weighted by Gasteiger charge is 2.47. The molecule has 240 valence electrons. The Bertz CT molecular complexity index is 863. The number of carboxylic acids is 1. The van der Waals surface area contributed by atoms with Crippen LogP contribution in [0.5, 0.6) is 0 Å². The fraction of sp³-hybridized carbons (Fsp3) is 0.889. The maximum absolute atomic E-state index is 12.8. The number of hydrogen-bond donors (Lipinski definition) is 7. The molecule has 6 atom stereocenters. The average Bonchev–Trinajstić information content (AvgIpc) is 3.14. The first kappa shape index (κ1) is 37.4. The first-order valence-corrected chi connectivity index (χ1v) is 16.5. The van der Waals surface area contributed by atoms with Gasteiger partial charge in [0.05, 0.1) is 43.7 Å². The van der Waals surface area contributed by atoms with Crippen LogP contribution >= 0.6 is 7.60 Å². The number of rotatable bonds is 22. The average molecular weight is 610 g/mol. The number of likely N-dealkylation sites (tertiary alicyclic amines) is 1. The number of carboxylic acid groups (broad SMARTS) is 1. The minimum atomic E-state index is -4.40. The van der Waals surface area contributed by atoms with Gasteiger partial charge in [-0.15, -0.1) is 0 Å². The molecule has 1 heterocycles. The lowest BCUT2D eigenvalue weighted by atomic mass is 10.0. The smallest absolute Gasteiger partial charge is 0.331 e.